The highest BCUT2D eigenvalue weighted by Crippen LogP contribution is 2.25. The Labute approximate surface area is 141 Å². The second kappa shape index (κ2) is 6.83. The molecule has 5 heteroatoms. The molecule has 0 aliphatic rings. The quantitative estimate of drug-likeness (QED) is 0.757. The van der Waals surface area contributed by atoms with Crippen LogP contribution in [0.5, 0.6) is 5.75 Å². The first-order valence-electron chi connectivity index (χ1n) is 8.11. The molecule has 0 saturated heterocycles. The number of benzene rings is 1. The molecule has 126 valence electrons. The number of amides is 1. The van der Waals surface area contributed by atoms with E-state index in [-0.39, 0.29) is 5.91 Å². The molecule has 0 spiro atoms. The van der Waals surface area contributed by atoms with Gasteiger partial charge in [-0.15, -0.1) is 0 Å². The number of hydrogen-bond donors (Lipinski definition) is 1. The summed E-state index contributed by atoms with van der Waals surface area (Å²) in [6.45, 7) is 5.72. The molecule has 2 aromatic heterocycles. The van der Waals surface area contributed by atoms with E-state index in [2.05, 4.69) is 16.0 Å². The molecular formula is C19H23N3O2. The van der Waals surface area contributed by atoms with Gasteiger partial charge in [0.15, 0.2) is 0 Å². The van der Waals surface area contributed by atoms with Gasteiger partial charge in [0, 0.05) is 36.1 Å². The fourth-order valence-corrected chi connectivity index (χ4v) is 3.03. The van der Waals surface area contributed by atoms with Crippen molar-refractivity contribution in [2.45, 2.75) is 26.9 Å². The summed E-state index contributed by atoms with van der Waals surface area (Å²) in [5.41, 5.74) is 3.32. The van der Waals surface area contributed by atoms with E-state index >= 15 is 0 Å². The normalized spacial score (nSPS) is 11.0. The Hall–Kier alpha value is -2.69. The Morgan fingerprint density at radius 2 is 1.88 bits per heavy atom. The average molecular weight is 325 g/mol. The molecule has 3 aromatic rings. The minimum absolute atomic E-state index is 0.0337. The standard InChI is InChI=1S/C19H23N3O2/c1-14-7-8-15(2)22(14)13-19(23)20-10-12-21-11-9-16-17(21)5-4-6-18(16)24-3/h4-9,11H,10,12-13H2,1-3H3,(H,20,23). The lowest BCUT2D eigenvalue weighted by Gasteiger charge is -2.11. The van der Waals surface area contributed by atoms with Crippen molar-refractivity contribution in [3.05, 3.63) is 54.0 Å². The molecular weight excluding hydrogens is 302 g/mol. The predicted molar refractivity (Wildman–Crippen MR) is 95.4 cm³/mol. The van der Waals surface area contributed by atoms with Gasteiger partial charge in [0.1, 0.15) is 12.3 Å². The van der Waals surface area contributed by atoms with Crippen molar-refractivity contribution < 1.29 is 9.53 Å². The summed E-state index contributed by atoms with van der Waals surface area (Å²) in [5.74, 6) is 0.903. The molecule has 0 aliphatic carbocycles. The summed E-state index contributed by atoms with van der Waals surface area (Å²) in [4.78, 5) is 12.1. The van der Waals surface area contributed by atoms with Crippen LogP contribution in [0.2, 0.25) is 0 Å². The molecule has 24 heavy (non-hydrogen) atoms. The highest BCUT2D eigenvalue weighted by Gasteiger charge is 2.08. The molecule has 0 fully saturated rings. The van der Waals surface area contributed by atoms with Crippen molar-refractivity contribution in [1.82, 2.24) is 14.5 Å². The van der Waals surface area contributed by atoms with Crippen molar-refractivity contribution in [3.63, 3.8) is 0 Å². The number of rotatable bonds is 6. The largest absolute Gasteiger partial charge is 0.496 e. The van der Waals surface area contributed by atoms with Crippen molar-refractivity contribution >= 4 is 16.8 Å². The minimum atomic E-state index is 0.0337. The maximum absolute atomic E-state index is 12.1. The van der Waals surface area contributed by atoms with Crippen molar-refractivity contribution in [2.24, 2.45) is 0 Å². The molecule has 0 aliphatic heterocycles. The van der Waals surface area contributed by atoms with Gasteiger partial charge in [0.25, 0.3) is 0 Å². The number of carbonyl (C=O) groups excluding carboxylic acids is 1. The van der Waals surface area contributed by atoms with Crippen LogP contribution in [-0.2, 0) is 17.9 Å². The van der Waals surface area contributed by atoms with Crippen molar-refractivity contribution in [2.75, 3.05) is 13.7 Å². The fourth-order valence-electron chi connectivity index (χ4n) is 3.03. The maximum atomic E-state index is 12.1. The van der Waals surface area contributed by atoms with Crippen LogP contribution in [0.4, 0.5) is 0 Å². The molecule has 1 amide bonds. The summed E-state index contributed by atoms with van der Waals surface area (Å²) in [6, 6.07) is 12.1. The molecule has 5 nitrogen and oxygen atoms in total. The number of hydrogen-bond acceptors (Lipinski definition) is 2. The number of nitrogens with zero attached hydrogens (tertiary/aromatic N) is 2. The van der Waals surface area contributed by atoms with E-state index in [0.717, 1.165) is 34.6 Å². The SMILES string of the molecule is COc1cccc2c1ccn2CCNC(=O)Cn1c(C)ccc1C. The summed E-state index contributed by atoms with van der Waals surface area (Å²) < 4.78 is 9.53. The van der Waals surface area contributed by atoms with Gasteiger partial charge in [0.05, 0.1) is 12.6 Å². The van der Waals surface area contributed by atoms with E-state index < -0.39 is 0 Å². The van der Waals surface area contributed by atoms with Crippen LogP contribution >= 0.6 is 0 Å². The van der Waals surface area contributed by atoms with Gasteiger partial charge in [0.2, 0.25) is 5.91 Å². The number of aromatic nitrogens is 2. The predicted octanol–water partition coefficient (Wildman–Crippen LogP) is 2.88. The maximum Gasteiger partial charge on any atom is 0.239 e. The molecule has 0 saturated carbocycles. The van der Waals surface area contributed by atoms with Gasteiger partial charge < -0.3 is 19.2 Å². The highest BCUT2D eigenvalue weighted by atomic mass is 16.5. The smallest absolute Gasteiger partial charge is 0.239 e. The summed E-state index contributed by atoms with van der Waals surface area (Å²) in [6.07, 6.45) is 2.03. The van der Waals surface area contributed by atoms with Gasteiger partial charge in [-0.05, 0) is 44.2 Å². The molecule has 1 aromatic carbocycles. The van der Waals surface area contributed by atoms with Crippen LogP contribution in [0, 0.1) is 13.8 Å². The van der Waals surface area contributed by atoms with E-state index in [4.69, 9.17) is 4.74 Å². The van der Waals surface area contributed by atoms with Crippen LogP contribution in [0.1, 0.15) is 11.4 Å². The number of nitrogens with one attached hydrogen (secondary N) is 1. The first-order valence-corrected chi connectivity index (χ1v) is 8.11. The molecule has 0 atom stereocenters. The van der Waals surface area contributed by atoms with Gasteiger partial charge in [-0.2, -0.15) is 0 Å². The number of fused-ring (bicyclic) bond motifs is 1. The molecule has 0 bridgehead atoms. The first-order chi connectivity index (χ1) is 11.6. The Morgan fingerprint density at radius 1 is 1.12 bits per heavy atom. The van der Waals surface area contributed by atoms with Crippen LogP contribution < -0.4 is 10.1 Å². The van der Waals surface area contributed by atoms with Crippen molar-refractivity contribution in [3.8, 4) is 5.75 Å². The third-order valence-electron chi connectivity index (χ3n) is 4.39. The molecule has 1 N–H and O–H groups in total. The second-order valence-corrected chi connectivity index (χ2v) is 5.95. The lowest BCUT2D eigenvalue weighted by Crippen LogP contribution is -2.30. The number of ether oxygens (including phenoxy) is 1. The topological polar surface area (TPSA) is 48.2 Å². The molecule has 2 heterocycles. The van der Waals surface area contributed by atoms with Gasteiger partial charge >= 0.3 is 0 Å². The Bertz CT molecular complexity index is 841. The van der Waals surface area contributed by atoms with Crippen LogP contribution in [0.3, 0.4) is 0 Å². The molecule has 3 rings (SSSR count). The van der Waals surface area contributed by atoms with Crippen LogP contribution in [0.15, 0.2) is 42.6 Å². The third kappa shape index (κ3) is 3.15. The monoisotopic (exact) mass is 325 g/mol. The van der Waals surface area contributed by atoms with Crippen LogP contribution in [0.25, 0.3) is 10.9 Å². The van der Waals surface area contributed by atoms with E-state index in [9.17, 15) is 4.79 Å². The summed E-state index contributed by atoms with van der Waals surface area (Å²) in [7, 11) is 1.68. The summed E-state index contributed by atoms with van der Waals surface area (Å²) in [5, 5.41) is 4.08. The zero-order valence-electron chi connectivity index (χ0n) is 14.4. The Morgan fingerprint density at radius 3 is 2.58 bits per heavy atom. The Balaban J connectivity index is 1.60. The van der Waals surface area contributed by atoms with Gasteiger partial charge in [-0.25, -0.2) is 0 Å². The minimum Gasteiger partial charge on any atom is -0.496 e. The van der Waals surface area contributed by atoms with Crippen LogP contribution in [-0.4, -0.2) is 28.7 Å². The third-order valence-corrected chi connectivity index (χ3v) is 4.39. The lowest BCUT2D eigenvalue weighted by molar-refractivity contribution is -0.121. The number of aryl methyl sites for hydroxylation is 2. The Kier molecular flexibility index (Phi) is 4.60. The van der Waals surface area contributed by atoms with E-state index in [1.165, 1.54) is 0 Å². The fraction of sp³-hybridized carbons (Fsp3) is 0.316. The van der Waals surface area contributed by atoms with Crippen molar-refractivity contribution in [1.29, 1.82) is 0 Å². The zero-order chi connectivity index (χ0) is 17.1. The highest BCUT2D eigenvalue weighted by molar-refractivity contribution is 5.86. The zero-order valence-corrected chi connectivity index (χ0v) is 14.4. The van der Waals surface area contributed by atoms with Gasteiger partial charge in [-0.1, -0.05) is 6.07 Å². The number of methoxy groups -OCH3 is 1. The first kappa shape index (κ1) is 16.2. The molecule has 0 unspecified atom stereocenters. The second-order valence-electron chi connectivity index (χ2n) is 5.95. The average Bonchev–Trinajstić information content (AvgIpc) is 3.13. The lowest BCUT2D eigenvalue weighted by atomic mass is 10.2. The van der Waals surface area contributed by atoms with E-state index in [0.29, 0.717) is 13.1 Å². The van der Waals surface area contributed by atoms with E-state index in [1.54, 1.807) is 7.11 Å². The molecule has 0 radical (unpaired) electrons. The van der Waals surface area contributed by atoms with E-state index in [1.807, 2.05) is 54.9 Å². The van der Waals surface area contributed by atoms with Gasteiger partial charge in [-0.3, -0.25) is 4.79 Å². The summed E-state index contributed by atoms with van der Waals surface area (Å²) >= 11 is 0. The number of carbonyl (C=O) groups is 1.